The van der Waals surface area contributed by atoms with Crippen molar-refractivity contribution in [3.8, 4) is 33.4 Å². The molecule has 0 fully saturated rings. The Bertz CT molecular complexity index is 3450. The average Bonchev–Trinajstić information content (AvgIpc) is 3.82. The van der Waals surface area contributed by atoms with Crippen LogP contribution < -0.4 is 0 Å². The van der Waals surface area contributed by atoms with E-state index in [1.807, 2.05) is 12.1 Å². The second-order valence-corrected chi connectivity index (χ2v) is 14.3. The summed E-state index contributed by atoms with van der Waals surface area (Å²) in [4.78, 5) is 0. The SMILES string of the molecule is c1ccc2c(c1)ccc1c(-c3c4ccccc4c(-c4ccc(-c5cccc6c5oc5ccccc56)c5oc6ccccc6c45)c4ccccc34)cccc12. The summed E-state index contributed by atoms with van der Waals surface area (Å²) in [6, 6.07) is 65.5. The van der Waals surface area contributed by atoms with Crippen LogP contribution in [0.25, 0.3) is 120 Å². The maximum atomic E-state index is 6.88. The van der Waals surface area contributed by atoms with E-state index in [9.17, 15) is 0 Å². The highest BCUT2D eigenvalue weighted by Gasteiger charge is 2.24. The zero-order valence-corrected chi connectivity index (χ0v) is 29.1. The van der Waals surface area contributed by atoms with Crippen LogP contribution in [0.2, 0.25) is 0 Å². The van der Waals surface area contributed by atoms with E-state index in [4.69, 9.17) is 8.83 Å². The van der Waals surface area contributed by atoms with Gasteiger partial charge in [0.15, 0.2) is 0 Å². The van der Waals surface area contributed by atoms with Crippen molar-refractivity contribution in [2.45, 2.75) is 0 Å². The highest BCUT2D eigenvalue weighted by Crippen LogP contribution is 2.50. The number of hydrogen-bond donors (Lipinski definition) is 0. The summed E-state index contributed by atoms with van der Waals surface area (Å²) in [5.74, 6) is 0. The predicted molar refractivity (Wildman–Crippen MR) is 227 cm³/mol. The maximum Gasteiger partial charge on any atom is 0.144 e. The standard InChI is InChI=1S/C52H30O2/c1-2-14-32-31(13-1)27-28-34-33(32)21-11-22-36(34)48-37-16-3-5-18-39(37)49(40-19-6-4-17-38(40)48)45-30-29-43(52-50(45)44-20-8-10-26-47(44)54-52)42-24-12-23-41-35-15-7-9-25-46(35)53-51(41)42/h1-30H. The van der Waals surface area contributed by atoms with Crippen LogP contribution in [0.15, 0.2) is 191 Å². The lowest BCUT2D eigenvalue weighted by atomic mass is 9.83. The van der Waals surface area contributed by atoms with Crippen LogP contribution in [0, 0.1) is 0 Å². The molecule has 0 saturated heterocycles. The minimum absolute atomic E-state index is 0.861. The van der Waals surface area contributed by atoms with Gasteiger partial charge in [-0.1, -0.05) is 164 Å². The fraction of sp³-hybridized carbons (Fsp3) is 0. The van der Waals surface area contributed by atoms with Gasteiger partial charge < -0.3 is 8.83 Å². The van der Waals surface area contributed by atoms with Crippen molar-refractivity contribution in [1.29, 1.82) is 0 Å². The first-order valence-electron chi connectivity index (χ1n) is 18.5. The van der Waals surface area contributed by atoms with Crippen molar-refractivity contribution < 1.29 is 8.83 Å². The molecule has 0 unspecified atom stereocenters. The Kier molecular flexibility index (Phi) is 6.09. The quantitative estimate of drug-likeness (QED) is 0.137. The van der Waals surface area contributed by atoms with Crippen LogP contribution in [-0.4, -0.2) is 0 Å². The molecule has 2 nitrogen and oxygen atoms in total. The Hall–Kier alpha value is -7.16. The van der Waals surface area contributed by atoms with Crippen LogP contribution in [0.5, 0.6) is 0 Å². The van der Waals surface area contributed by atoms with E-state index in [0.717, 1.165) is 60.6 Å². The summed E-state index contributed by atoms with van der Waals surface area (Å²) in [5, 5.41) is 14.3. The second-order valence-electron chi connectivity index (χ2n) is 14.3. The Morgan fingerprint density at radius 1 is 0.241 bits per heavy atom. The molecule has 0 aliphatic carbocycles. The summed E-state index contributed by atoms with van der Waals surface area (Å²) in [5.41, 5.74) is 10.4. The molecule has 0 saturated carbocycles. The van der Waals surface area contributed by atoms with Crippen LogP contribution in [-0.2, 0) is 0 Å². The molecule has 0 aliphatic heterocycles. The Morgan fingerprint density at radius 3 is 1.44 bits per heavy atom. The minimum Gasteiger partial charge on any atom is -0.455 e. The van der Waals surface area contributed by atoms with Crippen LogP contribution in [0.1, 0.15) is 0 Å². The van der Waals surface area contributed by atoms with Gasteiger partial charge in [0.25, 0.3) is 0 Å². The normalized spacial score (nSPS) is 12.1. The van der Waals surface area contributed by atoms with Crippen LogP contribution in [0.4, 0.5) is 0 Å². The largest absolute Gasteiger partial charge is 0.455 e. The lowest BCUT2D eigenvalue weighted by Gasteiger charge is -2.20. The van der Waals surface area contributed by atoms with E-state index < -0.39 is 0 Å². The van der Waals surface area contributed by atoms with Gasteiger partial charge in [-0.05, 0) is 83.5 Å². The number of rotatable bonds is 3. The summed E-state index contributed by atoms with van der Waals surface area (Å²) < 4.78 is 13.4. The summed E-state index contributed by atoms with van der Waals surface area (Å²) in [6.07, 6.45) is 0. The van der Waals surface area contributed by atoms with E-state index in [-0.39, 0.29) is 0 Å². The maximum absolute atomic E-state index is 6.88. The van der Waals surface area contributed by atoms with Gasteiger partial charge in [0.05, 0.1) is 0 Å². The fourth-order valence-electron chi connectivity index (χ4n) is 9.18. The Morgan fingerprint density at radius 2 is 0.722 bits per heavy atom. The van der Waals surface area contributed by atoms with E-state index >= 15 is 0 Å². The fourth-order valence-corrected chi connectivity index (χ4v) is 9.18. The van der Waals surface area contributed by atoms with E-state index in [1.165, 1.54) is 59.8 Å². The zero-order chi connectivity index (χ0) is 35.3. The molecule has 0 atom stereocenters. The van der Waals surface area contributed by atoms with Gasteiger partial charge in [0.1, 0.15) is 22.3 Å². The van der Waals surface area contributed by atoms with Crippen molar-refractivity contribution in [3.63, 3.8) is 0 Å². The number of benzene rings is 10. The molecule has 12 aromatic rings. The molecule has 2 heteroatoms. The predicted octanol–water partition coefficient (Wildman–Crippen LogP) is 15.1. The van der Waals surface area contributed by atoms with Crippen molar-refractivity contribution in [2.75, 3.05) is 0 Å². The van der Waals surface area contributed by atoms with Crippen molar-refractivity contribution in [3.05, 3.63) is 182 Å². The lowest BCUT2D eigenvalue weighted by molar-refractivity contribution is 0.665. The molecule has 12 rings (SSSR count). The summed E-state index contributed by atoms with van der Waals surface area (Å²) >= 11 is 0. The zero-order valence-electron chi connectivity index (χ0n) is 29.1. The molecule has 250 valence electrons. The number of hydrogen-bond acceptors (Lipinski definition) is 2. The molecule has 10 aromatic carbocycles. The third kappa shape index (κ3) is 4.05. The van der Waals surface area contributed by atoms with Gasteiger partial charge in [-0.3, -0.25) is 0 Å². The monoisotopic (exact) mass is 686 g/mol. The van der Waals surface area contributed by atoms with Gasteiger partial charge in [0, 0.05) is 32.7 Å². The van der Waals surface area contributed by atoms with Crippen molar-refractivity contribution in [2.24, 2.45) is 0 Å². The van der Waals surface area contributed by atoms with E-state index in [0.29, 0.717) is 0 Å². The van der Waals surface area contributed by atoms with Crippen LogP contribution in [0.3, 0.4) is 0 Å². The smallest absolute Gasteiger partial charge is 0.144 e. The number of furan rings is 2. The molecule has 2 aromatic heterocycles. The molecule has 0 N–H and O–H groups in total. The molecule has 2 heterocycles. The molecule has 0 aliphatic rings. The third-order valence-electron chi connectivity index (χ3n) is 11.5. The highest BCUT2D eigenvalue weighted by atomic mass is 16.3. The lowest BCUT2D eigenvalue weighted by Crippen LogP contribution is -1.93. The second kappa shape index (κ2) is 11.2. The summed E-state index contributed by atoms with van der Waals surface area (Å²) in [6.45, 7) is 0. The van der Waals surface area contributed by atoms with E-state index in [2.05, 4.69) is 170 Å². The first-order chi connectivity index (χ1) is 26.8. The van der Waals surface area contributed by atoms with E-state index in [1.54, 1.807) is 0 Å². The molecule has 0 bridgehead atoms. The van der Waals surface area contributed by atoms with Crippen LogP contribution >= 0.6 is 0 Å². The Labute approximate surface area is 310 Å². The van der Waals surface area contributed by atoms with Gasteiger partial charge in [-0.15, -0.1) is 0 Å². The minimum atomic E-state index is 0.861. The molecule has 0 spiro atoms. The van der Waals surface area contributed by atoms with Crippen molar-refractivity contribution in [1.82, 2.24) is 0 Å². The molecule has 0 amide bonds. The average molecular weight is 687 g/mol. The number of fused-ring (bicyclic) bond motifs is 11. The molecule has 54 heavy (non-hydrogen) atoms. The highest BCUT2D eigenvalue weighted by molar-refractivity contribution is 6.28. The molecule has 0 radical (unpaired) electrons. The first kappa shape index (κ1) is 29.4. The molecular weight excluding hydrogens is 657 g/mol. The van der Waals surface area contributed by atoms with Gasteiger partial charge in [-0.25, -0.2) is 0 Å². The van der Waals surface area contributed by atoms with Gasteiger partial charge >= 0.3 is 0 Å². The summed E-state index contributed by atoms with van der Waals surface area (Å²) in [7, 11) is 0. The van der Waals surface area contributed by atoms with Crippen molar-refractivity contribution >= 4 is 87.0 Å². The van der Waals surface area contributed by atoms with Gasteiger partial charge in [-0.2, -0.15) is 0 Å². The Balaban J connectivity index is 1.19. The molecular formula is C52H30O2. The number of para-hydroxylation sites is 3. The van der Waals surface area contributed by atoms with Gasteiger partial charge in [0.2, 0.25) is 0 Å². The topological polar surface area (TPSA) is 26.3 Å². The third-order valence-corrected chi connectivity index (χ3v) is 11.5. The first-order valence-corrected chi connectivity index (χ1v) is 18.5.